The molecule has 2 rings (SSSR count). The lowest BCUT2D eigenvalue weighted by Gasteiger charge is -2.07. The Morgan fingerprint density at radius 2 is 1.82 bits per heavy atom. The highest BCUT2D eigenvalue weighted by Gasteiger charge is 2.15. The summed E-state index contributed by atoms with van der Waals surface area (Å²) >= 11 is 0. The van der Waals surface area contributed by atoms with Gasteiger partial charge < -0.3 is 0 Å². The average molecular weight is 228 g/mol. The normalized spacial score (nSPS) is 10.3. The van der Waals surface area contributed by atoms with Crippen LogP contribution in [0, 0.1) is 39.0 Å². The third kappa shape index (κ3) is 1.76. The van der Waals surface area contributed by atoms with E-state index in [1.54, 1.807) is 11.6 Å². The quantitative estimate of drug-likeness (QED) is 0.731. The van der Waals surface area contributed by atoms with Crippen molar-refractivity contribution in [2.75, 3.05) is 0 Å². The van der Waals surface area contributed by atoms with E-state index < -0.39 is 0 Å². The van der Waals surface area contributed by atoms with Crippen LogP contribution in [0.4, 0.5) is 0 Å². The first-order valence-corrected chi connectivity index (χ1v) is 5.19. The van der Waals surface area contributed by atoms with Crippen LogP contribution in [0.25, 0.3) is 5.82 Å². The predicted octanol–water partition coefficient (Wildman–Crippen LogP) is 1.16. The van der Waals surface area contributed by atoms with E-state index in [4.69, 9.17) is 0 Å². The fraction of sp³-hybridized carbons (Fsp3) is 0.364. The summed E-state index contributed by atoms with van der Waals surface area (Å²) in [7, 11) is 0. The lowest BCUT2D eigenvalue weighted by Crippen LogP contribution is -2.09. The van der Waals surface area contributed by atoms with E-state index in [2.05, 4.69) is 26.3 Å². The maximum absolute atomic E-state index is 9.20. The van der Waals surface area contributed by atoms with Gasteiger partial charge in [0.15, 0.2) is 5.82 Å². The molecule has 0 amide bonds. The average Bonchev–Trinajstić information content (AvgIpc) is 2.61. The Kier molecular flexibility index (Phi) is 2.60. The summed E-state index contributed by atoms with van der Waals surface area (Å²) in [5.74, 6) is 1.77. The number of aryl methyl sites for hydroxylation is 3. The van der Waals surface area contributed by atoms with Crippen LogP contribution in [-0.2, 0) is 0 Å². The molecule has 0 aliphatic carbocycles. The van der Waals surface area contributed by atoms with Crippen molar-refractivity contribution in [1.29, 1.82) is 5.26 Å². The first-order chi connectivity index (χ1) is 8.04. The molecule has 17 heavy (non-hydrogen) atoms. The SMILES string of the molecule is Cc1nc(C)n(-c2nnc(C)c(C)c2C#N)n1. The molecular weight excluding hydrogens is 216 g/mol. The summed E-state index contributed by atoms with van der Waals surface area (Å²) in [6.07, 6.45) is 0. The van der Waals surface area contributed by atoms with Crippen molar-refractivity contribution in [3.63, 3.8) is 0 Å². The molecule has 2 heterocycles. The Morgan fingerprint density at radius 1 is 1.12 bits per heavy atom. The summed E-state index contributed by atoms with van der Waals surface area (Å²) in [5, 5.41) is 21.5. The van der Waals surface area contributed by atoms with Gasteiger partial charge in [0.2, 0.25) is 0 Å². The molecule has 6 nitrogen and oxygen atoms in total. The van der Waals surface area contributed by atoms with Gasteiger partial charge in [-0.3, -0.25) is 0 Å². The van der Waals surface area contributed by atoms with E-state index in [-0.39, 0.29) is 0 Å². The van der Waals surface area contributed by atoms with Gasteiger partial charge >= 0.3 is 0 Å². The molecule has 0 spiro atoms. The van der Waals surface area contributed by atoms with Crippen LogP contribution in [0.2, 0.25) is 0 Å². The monoisotopic (exact) mass is 228 g/mol. The van der Waals surface area contributed by atoms with Gasteiger partial charge in [0.1, 0.15) is 23.3 Å². The number of aromatic nitrogens is 5. The number of nitrogens with zero attached hydrogens (tertiary/aromatic N) is 6. The summed E-state index contributed by atoms with van der Waals surface area (Å²) in [5.41, 5.74) is 2.07. The highest BCUT2D eigenvalue weighted by atomic mass is 15.4. The molecule has 0 saturated carbocycles. The van der Waals surface area contributed by atoms with Gasteiger partial charge in [-0.15, -0.1) is 10.2 Å². The zero-order chi connectivity index (χ0) is 12.6. The van der Waals surface area contributed by atoms with E-state index in [9.17, 15) is 5.26 Å². The van der Waals surface area contributed by atoms with E-state index >= 15 is 0 Å². The Hall–Kier alpha value is -2.29. The Labute approximate surface area is 98.9 Å². The standard InChI is InChI=1S/C11H12N6/c1-6-7(2)14-15-11(10(6)5-12)17-9(4)13-8(3)16-17/h1-4H3. The molecule has 0 aliphatic rings. The van der Waals surface area contributed by atoms with Crippen LogP contribution in [0.3, 0.4) is 0 Å². The first kappa shape index (κ1) is 11.2. The van der Waals surface area contributed by atoms with E-state index in [1.807, 2.05) is 20.8 Å². The molecule has 0 atom stereocenters. The number of rotatable bonds is 1. The fourth-order valence-electron chi connectivity index (χ4n) is 1.60. The highest BCUT2D eigenvalue weighted by molar-refractivity contribution is 5.48. The molecule has 6 heteroatoms. The van der Waals surface area contributed by atoms with Gasteiger partial charge in [0, 0.05) is 0 Å². The smallest absolute Gasteiger partial charge is 0.195 e. The van der Waals surface area contributed by atoms with Crippen molar-refractivity contribution in [2.24, 2.45) is 0 Å². The Bertz CT molecular complexity index is 620. The van der Waals surface area contributed by atoms with Crippen LogP contribution >= 0.6 is 0 Å². The van der Waals surface area contributed by atoms with Crippen molar-refractivity contribution in [2.45, 2.75) is 27.7 Å². The van der Waals surface area contributed by atoms with Crippen molar-refractivity contribution < 1.29 is 0 Å². The molecule has 0 aliphatic heterocycles. The van der Waals surface area contributed by atoms with E-state index in [0.29, 0.717) is 23.0 Å². The Morgan fingerprint density at radius 3 is 2.35 bits per heavy atom. The van der Waals surface area contributed by atoms with Gasteiger partial charge in [-0.2, -0.15) is 15.0 Å². The molecule has 0 bridgehead atoms. The highest BCUT2D eigenvalue weighted by Crippen LogP contribution is 2.16. The van der Waals surface area contributed by atoms with Crippen LogP contribution in [-0.4, -0.2) is 25.0 Å². The van der Waals surface area contributed by atoms with Crippen molar-refractivity contribution in [3.8, 4) is 11.9 Å². The van der Waals surface area contributed by atoms with E-state index in [1.165, 1.54) is 0 Å². The fourth-order valence-corrected chi connectivity index (χ4v) is 1.60. The minimum atomic E-state index is 0.439. The predicted molar refractivity (Wildman–Crippen MR) is 60.6 cm³/mol. The largest absolute Gasteiger partial charge is 0.217 e. The molecule has 2 aromatic rings. The molecule has 2 aromatic heterocycles. The number of nitriles is 1. The number of hydrogen-bond donors (Lipinski definition) is 0. The maximum atomic E-state index is 9.20. The summed E-state index contributed by atoms with van der Waals surface area (Å²) in [4.78, 5) is 4.19. The lowest BCUT2D eigenvalue weighted by atomic mass is 10.1. The first-order valence-electron chi connectivity index (χ1n) is 5.19. The third-order valence-electron chi connectivity index (χ3n) is 2.62. The van der Waals surface area contributed by atoms with Crippen molar-refractivity contribution in [3.05, 3.63) is 28.5 Å². The van der Waals surface area contributed by atoms with Crippen LogP contribution in [0.5, 0.6) is 0 Å². The van der Waals surface area contributed by atoms with E-state index in [0.717, 1.165) is 11.3 Å². The molecule has 0 N–H and O–H groups in total. The maximum Gasteiger partial charge on any atom is 0.195 e. The summed E-state index contributed by atoms with van der Waals surface area (Å²) < 4.78 is 1.55. The second-order valence-corrected chi connectivity index (χ2v) is 3.84. The third-order valence-corrected chi connectivity index (χ3v) is 2.62. The molecule has 0 saturated heterocycles. The van der Waals surface area contributed by atoms with Crippen LogP contribution in [0.1, 0.15) is 28.5 Å². The summed E-state index contributed by atoms with van der Waals surface area (Å²) in [6.45, 7) is 7.29. The van der Waals surface area contributed by atoms with Crippen LogP contribution in [0.15, 0.2) is 0 Å². The molecular formula is C11H12N6. The molecule has 0 unspecified atom stereocenters. The van der Waals surface area contributed by atoms with Gasteiger partial charge in [-0.05, 0) is 33.3 Å². The minimum Gasteiger partial charge on any atom is -0.217 e. The summed E-state index contributed by atoms with van der Waals surface area (Å²) in [6, 6.07) is 2.15. The minimum absolute atomic E-state index is 0.439. The molecule has 0 aromatic carbocycles. The topological polar surface area (TPSA) is 80.3 Å². The zero-order valence-electron chi connectivity index (χ0n) is 10.2. The second kappa shape index (κ2) is 3.94. The van der Waals surface area contributed by atoms with Crippen molar-refractivity contribution >= 4 is 0 Å². The van der Waals surface area contributed by atoms with Crippen LogP contribution < -0.4 is 0 Å². The number of hydrogen-bond acceptors (Lipinski definition) is 5. The molecule has 0 fully saturated rings. The van der Waals surface area contributed by atoms with Gasteiger partial charge in [-0.25, -0.2) is 4.98 Å². The lowest BCUT2D eigenvalue weighted by molar-refractivity contribution is 0.766. The van der Waals surface area contributed by atoms with Gasteiger partial charge in [0.05, 0.1) is 5.69 Å². The zero-order valence-corrected chi connectivity index (χ0v) is 10.2. The molecule has 0 radical (unpaired) electrons. The van der Waals surface area contributed by atoms with Gasteiger partial charge in [-0.1, -0.05) is 0 Å². The van der Waals surface area contributed by atoms with Gasteiger partial charge in [0.25, 0.3) is 0 Å². The van der Waals surface area contributed by atoms with Crippen molar-refractivity contribution in [1.82, 2.24) is 25.0 Å². The molecule has 86 valence electrons. The second-order valence-electron chi connectivity index (χ2n) is 3.84. The Balaban J connectivity index is 2.73.